The van der Waals surface area contributed by atoms with E-state index in [1.807, 2.05) is 6.07 Å². The van der Waals surface area contributed by atoms with Crippen LogP contribution in [0.2, 0.25) is 0 Å². The normalized spacial score (nSPS) is 10.0. The highest BCUT2D eigenvalue weighted by atomic mass is 16.3. The summed E-state index contributed by atoms with van der Waals surface area (Å²) < 4.78 is 0. The number of anilines is 2. The van der Waals surface area contributed by atoms with Gasteiger partial charge in [0.05, 0.1) is 0 Å². The van der Waals surface area contributed by atoms with Crippen molar-refractivity contribution in [1.82, 2.24) is 0 Å². The standard InChI is InChI=1S/C12H11N3O/c13-9-3-6-11(12(14)7-9)8-1-4-10(15-16)5-2-8/h1-7H,13-14H2. The van der Waals surface area contributed by atoms with E-state index in [9.17, 15) is 4.91 Å². The first kappa shape index (κ1) is 10.2. The van der Waals surface area contributed by atoms with Crippen molar-refractivity contribution in [1.29, 1.82) is 0 Å². The van der Waals surface area contributed by atoms with E-state index < -0.39 is 0 Å². The van der Waals surface area contributed by atoms with Gasteiger partial charge in [0.1, 0.15) is 5.69 Å². The fraction of sp³-hybridized carbons (Fsp3) is 0. The van der Waals surface area contributed by atoms with Crippen molar-refractivity contribution in [3.63, 3.8) is 0 Å². The third-order valence-electron chi connectivity index (χ3n) is 2.36. The Kier molecular flexibility index (Phi) is 2.55. The first-order chi connectivity index (χ1) is 7.70. The molecule has 2 aromatic rings. The average Bonchev–Trinajstić information content (AvgIpc) is 2.29. The Bertz CT molecular complexity index is 520. The van der Waals surface area contributed by atoms with E-state index in [1.54, 1.807) is 36.4 Å². The summed E-state index contributed by atoms with van der Waals surface area (Å²) in [5.41, 5.74) is 15.0. The molecule has 0 fully saturated rings. The molecular formula is C12H11N3O. The van der Waals surface area contributed by atoms with Crippen molar-refractivity contribution in [3.8, 4) is 11.1 Å². The molecule has 0 bridgehead atoms. The Labute approximate surface area is 92.9 Å². The highest BCUT2D eigenvalue weighted by Gasteiger charge is 2.02. The maximum atomic E-state index is 10.3. The molecule has 0 heterocycles. The smallest absolute Gasteiger partial charge is 0.108 e. The van der Waals surface area contributed by atoms with Crippen LogP contribution in [0.3, 0.4) is 0 Å². The van der Waals surface area contributed by atoms with Gasteiger partial charge in [0.15, 0.2) is 0 Å². The van der Waals surface area contributed by atoms with Gasteiger partial charge in [-0.15, -0.1) is 4.91 Å². The van der Waals surface area contributed by atoms with Gasteiger partial charge in [-0.25, -0.2) is 0 Å². The van der Waals surface area contributed by atoms with E-state index in [4.69, 9.17) is 11.5 Å². The minimum absolute atomic E-state index is 0.401. The highest BCUT2D eigenvalue weighted by Crippen LogP contribution is 2.28. The number of benzene rings is 2. The molecule has 0 radical (unpaired) electrons. The van der Waals surface area contributed by atoms with E-state index in [0.717, 1.165) is 11.1 Å². The van der Waals surface area contributed by atoms with Crippen molar-refractivity contribution in [2.24, 2.45) is 5.18 Å². The fourth-order valence-corrected chi connectivity index (χ4v) is 1.55. The van der Waals surface area contributed by atoms with E-state index in [0.29, 0.717) is 17.1 Å². The average molecular weight is 213 g/mol. The molecule has 2 rings (SSSR count). The predicted molar refractivity (Wildman–Crippen MR) is 66.2 cm³/mol. The second-order valence-electron chi connectivity index (χ2n) is 3.48. The zero-order valence-corrected chi connectivity index (χ0v) is 8.55. The third kappa shape index (κ3) is 1.86. The van der Waals surface area contributed by atoms with Gasteiger partial charge in [0, 0.05) is 16.9 Å². The van der Waals surface area contributed by atoms with Crippen LogP contribution < -0.4 is 11.5 Å². The van der Waals surface area contributed by atoms with Crippen LogP contribution in [0.1, 0.15) is 0 Å². The van der Waals surface area contributed by atoms with Crippen molar-refractivity contribution < 1.29 is 0 Å². The van der Waals surface area contributed by atoms with Crippen LogP contribution in [0, 0.1) is 4.91 Å². The van der Waals surface area contributed by atoms with Crippen LogP contribution in [0.4, 0.5) is 17.1 Å². The number of nitrogens with two attached hydrogens (primary N) is 2. The second-order valence-corrected chi connectivity index (χ2v) is 3.48. The van der Waals surface area contributed by atoms with Gasteiger partial charge in [-0.3, -0.25) is 0 Å². The second kappa shape index (κ2) is 4.02. The molecule has 0 aliphatic carbocycles. The molecule has 0 aromatic heterocycles. The molecule has 80 valence electrons. The van der Waals surface area contributed by atoms with Gasteiger partial charge in [0.25, 0.3) is 0 Å². The van der Waals surface area contributed by atoms with E-state index in [-0.39, 0.29) is 0 Å². The Morgan fingerprint density at radius 1 is 0.938 bits per heavy atom. The predicted octanol–water partition coefficient (Wildman–Crippen LogP) is 2.92. The lowest BCUT2D eigenvalue weighted by Gasteiger charge is -2.06. The molecule has 0 aliphatic heterocycles. The number of rotatable bonds is 2. The molecule has 2 aromatic carbocycles. The summed E-state index contributed by atoms with van der Waals surface area (Å²) in [5.74, 6) is 0. The zero-order valence-electron chi connectivity index (χ0n) is 8.55. The Hall–Kier alpha value is -2.36. The Morgan fingerprint density at radius 2 is 1.62 bits per heavy atom. The molecule has 0 spiro atoms. The number of nitroso groups, excluding NO2 is 1. The lowest BCUT2D eigenvalue weighted by molar-refractivity contribution is 1.49. The van der Waals surface area contributed by atoms with Gasteiger partial charge in [-0.1, -0.05) is 18.2 Å². The van der Waals surface area contributed by atoms with E-state index >= 15 is 0 Å². The van der Waals surface area contributed by atoms with Crippen molar-refractivity contribution in [3.05, 3.63) is 47.4 Å². The molecule has 16 heavy (non-hydrogen) atoms. The van der Waals surface area contributed by atoms with Crippen molar-refractivity contribution in [2.45, 2.75) is 0 Å². The molecule has 0 aliphatic rings. The first-order valence-electron chi connectivity index (χ1n) is 4.79. The van der Waals surface area contributed by atoms with Gasteiger partial charge >= 0.3 is 0 Å². The maximum absolute atomic E-state index is 10.3. The number of hydrogen-bond donors (Lipinski definition) is 2. The van der Waals surface area contributed by atoms with E-state index in [1.165, 1.54) is 0 Å². The summed E-state index contributed by atoms with van der Waals surface area (Å²) in [7, 11) is 0. The molecule has 0 unspecified atom stereocenters. The summed E-state index contributed by atoms with van der Waals surface area (Å²) in [4.78, 5) is 10.3. The lowest BCUT2D eigenvalue weighted by atomic mass is 10.0. The zero-order chi connectivity index (χ0) is 11.5. The van der Waals surface area contributed by atoms with Crippen LogP contribution in [0.25, 0.3) is 11.1 Å². The molecule has 4 nitrogen and oxygen atoms in total. The van der Waals surface area contributed by atoms with Crippen LogP contribution in [0.5, 0.6) is 0 Å². The molecule has 0 saturated heterocycles. The van der Waals surface area contributed by atoms with Gasteiger partial charge in [0.2, 0.25) is 0 Å². The summed E-state index contributed by atoms with van der Waals surface area (Å²) in [5, 5.41) is 2.84. The van der Waals surface area contributed by atoms with Crippen molar-refractivity contribution >= 4 is 17.1 Å². The Balaban J connectivity index is 2.46. The molecule has 0 saturated carbocycles. The van der Waals surface area contributed by atoms with Crippen LogP contribution in [-0.4, -0.2) is 0 Å². The first-order valence-corrected chi connectivity index (χ1v) is 4.79. The monoisotopic (exact) mass is 213 g/mol. The summed E-state index contributed by atoms with van der Waals surface area (Å²) in [6.07, 6.45) is 0. The van der Waals surface area contributed by atoms with Crippen LogP contribution in [-0.2, 0) is 0 Å². The van der Waals surface area contributed by atoms with Crippen LogP contribution >= 0.6 is 0 Å². The fourth-order valence-electron chi connectivity index (χ4n) is 1.55. The number of nitrogens with zero attached hydrogens (tertiary/aromatic N) is 1. The molecule has 4 heteroatoms. The highest BCUT2D eigenvalue weighted by molar-refractivity contribution is 5.79. The van der Waals surface area contributed by atoms with E-state index in [2.05, 4.69) is 5.18 Å². The van der Waals surface area contributed by atoms with Gasteiger partial charge in [-0.05, 0) is 35.0 Å². The molecule has 0 amide bonds. The minimum Gasteiger partial charge on any atom is -0.399 e. The summed E-state index contributed by atoms with van der Waals surface area (Å²) >= 11 is 0. The summed E-state index contributed by atoms with van der Waals surface area (Å²) in [6, 6.07) is 12.3. The summed E-state index contributed by atoms with van der Waals surface area (Å²) in [6.45, 7) is 0. The third-order valence-corrected chi connectivity index (χ3v) is 2.36. The minimum atomic E-state index is 0.401. The molecule has 4 N–H and O–H groups in total. The Morgan fingerprint density at radius 3 is 2.19 bits per heavy atom. The lowest BCUT2D eigenvalue weighted by Crippen LogP contribution is -1.92. The van der Waals surface area contributed by atoms with Gasteiger partial charge < -0.3 is 11.5 Å². The number of hydrogen-bond acceptors (Lipinski definition) is 4. The van der Waals surface area contributed by atoms with Crippen molar-refractivity contribution in [2.75, 3.05) is 11.5 Å². The molecular weight excluding hydrogens is 202 g/mol. The largest absolute Gasteiger partial charge is 0.399 e. The molecule has 0 atom stereocenters. The topological polar surface area (TPSA) is 81.5 Å². The van der Waals surface area contributed by atoms with Gasteiger partial charge in [-0.2, -0.15) is 0 Å². The van der Waals surface area contributed by atoms with Crippen LogP contribution in [0.15, 0.2) is 47.6 Å². The maximum Gasteiger partial charge on any atom is 0.108 e. The number of nitrogen functional groups attached to an aromatic ring is 2. The SMILES string of the molecule is Nc1ccc(-c2ccc(N=O)cc2)c(N)c1. The quantitative estimate of drug-likeness (QED) is 0.594.